The highest BCUT2D eigenvalue weighted by Crippen LogP contribution is 2.27. The van der Waals surface area contributed by atoms with Gasteiger partial charge < -0.3 is 5.32 Å². The van der Waals surface area contributed by atoms with Gasteiger partial charge in [-0.1, -0.05) is 0 Å². The molecule has 0 saturated heterocycles. The second-order valence-corrected chi connectivity index (χ2v) is 5.19. The summed E-state index contributed by atoms with van der Waals surface area (Å²) in [7, 11) is 0. The number of rotatable bonds is 3. The number of anilines is 1. The third kappa shape index (κ3) is 3.43. The lowest BCUT2D eigenvalue weighted by Gasteiger charge is -2.08. The van der Waals surface area contributed by atoms with Crippen molar-refractivity contribution in [3.05, 3.63) is 67.9 Å². The molecule has 0 fully saturated rings. The van der Waals surface area contributed by atoms with Gasteiger partial charge in [0.25, 0.3) is 11.6 Å². The lowest BCUT2D eigenvalue weighted by Crippen LogP contribution is -2.12. The Morgan fingerprint density at radius 2 is 2.00 bits per heavy atom. The summed E-state index contributed by atoms with van der Waals surface area (Å²) < 4.78 is 13.6. The van der Waals surface area contributed by atoms with Gasteiger partial charge in [0.2, 0.25) is 0 Å². The zero-order chi connectivity index (χ0) is 15.6. The van der Waals surface area contributed by atoms with Crippen LogP contribution in [0.25, 0.3) is 0 Å². The van der Waals surface area contributed by atoms with Crippen LogP contribution in [0.2, 0.25) is 0 Å². The summed E-state index contributed by atoms with van der Waals surface area (Å²) in [6, 6.07) is 8.04. The molecule has 0 aliphatic rings. The van der Waals surface area contributed by atoms with Gasteiger partial charge >= 0.3 is 0 Å². The first-order valence-corrected chi connectivity index (χ1v) is 6.69. The van der Waals surface area contributed by atoms with E-state index in [0.29, 0.717) is 21.3 Å². The van der Waals surface area contributed by atoms with E-state index in [9.17, 15) is 19.3 Å². The molecule has 0 radical (unpaired) electrons. The number of nitrogens with one attached hydrogen (secondary N) is 1. The van der Waals surface area contributed by atoms with Crippen LogP contribution in [0.4, 0.5) is 15.8 Å². The van der Waals surface area contributed by atoms with Gasteiger partial charge in [-0.2, -0.15) is 0 Å². The molecule has 21 heavy (non-hydrogen) atoms. The van der Waals surface area contributed by atoms with Crippen molar-refractivity contribution in [1.29, 1.82) is 0 Å². The number of benzene rings is 2. The Balaban J connectivity index is 2.23. The first-order valence-electron chi connectivity index (χ1n) is 5.90. The number of aryl methyl sites for hydroxylation is 1. The fourth-order valence-electron chi connectivity index (χ4n) is 1.70. The van der Waals surface area contributed by atoms with Gasteiger partial charge in [0.1, 0.15) is 5.82 Å². The molecule has 5 nitrogen and oxygen atoms in total. The summed E-state index contributed by atoms with van der Waals surface area (Å²) in [5.74, 6) is -0.810. The lowest BCUT2D eigenvalue weighted by atomic mass is 10.1. The molecule has 0 aliphatic heterocycles. The monoisotopic (exact) mass is 352 g/mol. The van der Waals surface area contributed by atoms with Crippen molar-refractivity contribution in [2.45, 2.75) is 6.92 Å². The summed E-state index contributed by atoms with van der Waals surface area (Å²) in [4.78, 5) is 22.2. The number of non-ortho nitro benzene ring substituents is 1. The van der Waals surface area contributed by atoms with Crippen molar-refractivity contribution in [2.75, 3.05) is 5.32 Å². The molecule has 2 aromatic rings. The van der Waals surface area contributed by atoms with Crippen LogP contribution in [-0.2, 0) is 0 Å². The number of nitrogens with zero attached hydrogens (tertiary/aromatic N) is 1. The quantitative estimate of drug-likeness (QED) is 0.668. The van der Waals surface area contributed by atoms with Gasteiger partial charge in [-0.3, -0.25) is 14.9 Å². The molecule has 0 aromatic heterocycles. The molecule has 0 saturated carbocycles. The Hall–Kier alpha value is -2.28. The van der Waals surface area contributed by atoms with Crippen LogP contribution in [0.3, 0.4) is 0 Å². The molecule has 7 heteroatoms. The van der Waals surface area contributed by atoms with Crippen molar-refractivity contribution in [3.63, 3.8) is 0 Å². The van der Waals surface area contributed by atoms with E-state index in [-0.39, 0.29) is 11.5 Å². The van der Waals surface area contributed by atoms with Crippen molar-refractivity contribution >= 4 is 33.2 Å². The largest absolute Gasteiger partial charge is 0.321 e. The Bertz CT molecular complexity index is 734. The molecule has 2 rings (SSSR count). The van der Waals surface area contributed by atoms with E-state index < -0.39 is 10.8 Å². The molecular weight excluding hydrogens is 343 g/mol. The Morgan fingerprint density at radius 3 is 2.57 bits per heavy atom. The van der Waals surface area contributed by atoms with Crippen molar-refractivity contribution in [2.24, 2.45) is 0 Å². The van der Waals surface area contributed by atoms with Crippen molar-refractivity contribution < 1.29 is 14.1 Å². The van der Waals surface area contributed by atoms with Crippen molar-refractivity contribution in [1.82, 2.24) is 0 Å². The molecule has 0 heterocycles. The van der Waals surface area contributed by atoms with Crippen LogP contribution in [0.15, 0.2) is 40.9 Å². The van der Waals surface area contributed by atoms with E-state index in [0.717, 1.165) is 0 Å². The maximum absolute atomic E-state index is 13.2. The molecule has 0 bridgehead atoms. The summed E-state index contributed by atoms with van der Waals surface area (Å²) >= 11 is 3.16. The third-order valence-electron chi connectivity index (χ3n) is 2.83. The van der Waals surface area contributed by atoms with Crippen LogP contribution in [-0.4, -0.2) is 10.8 Å². The molecule has 108 valence electrons. The normalized spacial score (nSPS) is 10.2. The fourth-order valence-corrected chi connectivity index (χ4v) is 2.17. The van der Waals surface area contributed by atoms with Crippen LogP contribution < -0.4 is 5.32 Å². The topological polar surface area (TPSA) is 72.2 Å². The molecule has 2 aromatic carbocycles. The predicted octanol–water partition coefficient (Wildman–Crippen LogP) is 4.06. The highest BCUT2D eigenvalue weighted by atomic mass is 79.9. The number of halogens is 2. The second-order valence-electron chi connectivity index (χ2n) is 4.34. The number of carbonyl (C=O) groups is 1. The van der Waals surface area contributed by atoms with Gasteiger partial charge in [0.15, 0.2) is 0 Å². The molecule has 1 amide bonds. The highest BCUT2D eigenvalue weighted by molar-refractivity contribution is 9.10. The molecular formula is C14H10BrFN2O3. The number of hydrogen-bond donors (Lipinski definition) is 1. The minimum Gasteiger partial charge on any atom is -0.321 e. The number of nitro benzene ring substituents is 1. The molecule has 0 unspecified atom stereocenters. The summed E-state index contributed by atoms with van der Waals surface area (Å²) in [5, 5.41) is 13.2. The lowest BCUT2D eigenvalue weighted by molar-refractivity contribution is -0.384. The SMILES string of the molecule is Cc1cc(C(=O)Nc2ccc([N+](=O)[O-])cc2Br)ccc1F. The smallest absolute Gasteiger partial charge is 0.270 e. The maximum atomic E-state index is 13.2. The van der Waals surface area contributed by atoms with Crippen LogP contribution in [0, 0.1) is 22.9 Å². The van der Waals surface area contributed by atoms with Crippen LogP contribution in [0.5, 0.6) is 0 Å². The van der Waals surface area contributed by atoms with E-state index in [1.807, 2.05) is 0 Å². The first kappa shape index (κ1) is 15.1. The molecule has 0 atom stereocenters. The average Bonchev–Trinajstić information content (AvgIpc) is 2.43. The van der Waals surface area contributed by atoms with E-state index in [4.69, 9.17) is 0 Å². The third-order valence-corrected chi connectivity index (χ3v) is 3.49. The Labute approximate surface area is 128 Å². The number of amides is 1. The van der Waals surface area contributed by atoms with Crippen molar-refractivity contribution in [3.8, 4) is 0 Å². The number of nitro groups is 1. The average molecular weight is 353 g/mol. The Kier molecular flexibility index (Phi) is 4.32. The molecule has 0 spiro atoms. The van der Waals surface area contributed by atoms with Gasteiger partial charge in [0.05, 0.1) is 10.6 Å². The summed E-state index contributed by atoms with van der Waals surface area (Å²) in [6.45, 7) is 1.56. The van der Waals surface area contributed by atoms with Gasteiger partial charge in [-0.25, -0.2) is 4.39 Å². The highest BCUT2D eigenvalue weighted by Gasteiger charge is 2.13. The van der Waals surface area contributed by atoms with Crippen LogP contribution in [0.1, 0.15) is 15.9 Å². The zero-order valence-electron chi connectivity index (χ0n) is 10.9. The Morgan fingerprint density at radius 1 is 1.29 bits per heavy atom. The predicted molar refractivity (Wildman–Crippen MR) is 79.9 cm³/mol. The zero-order valence-corrected chi connectivity index (χ0v) is 12.5. The maximum Gasteiger partial charge on any atom is 0.270 e. The minimum atomic E-state index is -0.528. The fraction of sp³-hybridized carbons (Fsp3) is 0.0714. The number of carbonyl (C=O) groups excluding carboxylic acids is 1. The van der Waals surface area contributed by atoms with E-state index in [1.54, 1.807) is 6.92 Å². The van der Waals surface area contributed by atoms with Gasteiger partial charge in [0, 0.05) is 22.2 Å². The second kappa shape index (κ2) is 6.01. The standard InChI is InChI=1S/C14H10BrFN2O3/c1-8-6-9(2-4-12(8)16)14(19)17-13-5-3-10(18(20)21)7-11(13)15/h2-7H,1H3,(H,17,19). The summed E-state index contributed by atoms with van der Waals surface area (Å²) in [6.07, 6.45) is 0. The first-order chi connectivity index (χ1) is 9.88. The van der Waals surface area contributed by atoms with E-state index in [1.165, 1.54) is 36.4 Å². The van der Waals surface area contributed by atoms with E-state index in [2.05, 4.69) is 21.2 Å². The van der Waals surface area contributed by atoms with Crippen LogP contribution >= 0.6 is 15.9 Å². The summed E-state index contributed by atoms with van der Waals surface area (Å²) in [5.41, 5.74) is 0.981. The van der Waals surface area contributed by atoms with E-state index >= 15 is 0 Å². The van der Waals surface area contributed by atoms with Gasteiger partial charge in [-0.15, -0.1) is 0 Å². The molecule has 0 aliphatic carbocycles. The van der Waals surface area contributed by atoms with Gasteiger partial charge in [-0.05, 0) is 52.7 Å². The minimum absolute atomic E-state index is 0.0856. The molecule has 1 N–H and O–H groups in total. The number of hydrogen-bond acceptors (Lipinski definition) is 3.